The van der Waals surface area contributed by atoms with Crippen LogP contribution in [-0.2, 0) is 29.1 Å². The number of aliphatic hydroxyl groups is 2. The third-order valence-corrected chi connectivity index (χ3v) is 7.13. The van der Waals surface area contributed by atoms with E-state index in [1.165, 1.54) is 5.56 Å². The Morgan fingerprint density at radius 1 is 1.11 bits per heavy atom. The minimum atomic E-state index is -0.797. The van der Waals surface area contributed by atoms with Gasteiger partial charge in [0.2, 0.25) is 0 Å². The third-order valence-electron chi connectivity index (χ3n) is 7.13. The van der Waals surface area contributed by atoms with Crippen LogP contribution < -0.4 is 9.64 Å². The lowest BCUT2D eigenvalue weighted by molar-refractivity contribution is 0.00706. The number of imidazole rings is 1. The zero-order valence-electron chi connectivity index (χ0n) is 21.1. The second-order valence-electron chi connectivity index (χ2n) is 10.8. The quantitative estimate of drug-likeness (QED) is 0.342. The maximum Gasteiger partial charge on any atom is 0.296 e. The van der Waals surface area contributed by atoms with Gasteiger partial charge in [-0.15, -0.1) is 0 Å². The van der Waals surface area contributed by atoms with Crippen molar-refractivity contribution in [3.8, 4) is 17.4 Å². The van der Waals surface area contributed by atoms with Crippen LogP contribution in [0.1, 0.15) is 25.1 Å². The molecule has 12 heteroatoms. The largest absolute Gasteiger partial charge is 0.456 e. The molecule has 2 fully saturated rings. The zero-order chi connectivity index (χ0) is 26.0. The number of rotatable bonds is 6. The lowest BCUT2D eigenvalue weighted by atomic mass is 10.1. The molecule has 3 aliphatic heterocycles. The number of hydrogen-bond acceptors (Lipinski definition) is 10. The predicted molar refractivity (Wildman–Crippen MR) is 135 cm³/mol. The van der Waals surface area contributed by atoms with Crippen LogP contribution in [0.5, 0.6) is 6.01 Å². The van der Waals surface area contributed by atoms with Gasteiger partial charge in [-0.25, -0.2) is 9.97 Å². The Bertz CT molecular complexity index is 1450. The minimum absolute atomic E-state index is 0.245. The summed E-state index contributed by atoms with van der Waals surface area (Å²) in [6.45, 7) is 6.11. The van der Waals surface area contributed by atoms with Crippen molar-refractivity contribution in [3.63, 3.8) is 0 Å². The minimum Gasteiger partial charge on any atom is -0.456 e. The Balaban J connectivity index is 1.03. The molecule has 3 aliphatic rings. The number of ether oxygens (including phenoxy) is 3. The van der Waals surface area contributed by atoms with Crippen LogP contribution in [0.4, 0.5) is 5.69 Å². The fourth-order valence-corrected chi connectivity index (χ4v) is 5.36. The van der Waals surface area contributed by atoms with Crippen molar-refractivity contribution >= 4 is 16.9 Å². The highest BCUT2D eigenvalue weighted by Crippen LogP contribution is 2.31. The summed E-state index contributed by atoms with van der Waals surface area (Å²) in [6, 6.07) is 8.45. The summed E-state index contributed by atoms with van der Waals surface area (Å²) in [6.07, 6.45) is 2.06. The highest BCUT2D eigenvalue weighted by Gasteiger charge is 2.48. The first kappa shape index (κ1) is 23.5. The first-order chi connectivity index (χ1) is 18.3. The molecule has 4 aromatic rings. The van der Waals surface area contributed by atoms with Gasteiger partial charge in [0.15, 0.2) is 17.6 Å². The van der Waals surface area contributed by atoms with Crippen molar-refractivity contribution in [3.05, 3.63) is 47.9 Å². The molecule has 0 radical (unpaired) electrons. The van der Waals surface area contributed by atoms with E-state index in [1.807, 2.05) is 23.0 Å². The molecule has 3 N–H and O–H groups in total. The predicted octanol–water partition coefficient (Wildman–Crippen LogP) is 1.41. The van der Waals surface area contributed by atoms with Gasteiger partial charge in [-0.05, 0) is 38.1 Å². The molecule has 0 spiro atoms. The Morgan fingerprint density at radius 2 is 1.92 bits per heavy atom. The van der Waals surface area contributed by atoms with E-state index in [0.717, 1.165) is 30.0 Å². The smallest absolute Gasteiger partial charge is 0.296 e. The summed E-state index contributed by atoms with van der Waals surface area (Å²) in [5.74, 6) is 0.571. The average Bonchev–Trinajstić information content (AvgIpc) is 3.67. The van der Waals surface area contributed by atoms with Gasteiger partial charge in [0.25, 0.3) is 6.01 Å². The topological polar surface area (TPSA) is 144 Å². The van der Waals surface area contributed by atoms with E-state index in [2.05, 4.69) is 42.1 Å². The van der Waals surface area contributed by atoms with E-state index in [1.54, 1.807) is 20.0 Å². The van der Waals surface area contributed by atoms with Gasteiger partial charge in [-0.2, -0.15) is 10.1 Å². The monoisotopic (exact) mass is 519 g/mol. The molecular weight excluding hydrogens is 490 g/mol. The van der Waals surface area contributed by atoms with Gasteiger partial charge in [-0.1, -0.05) is 0 Å². The van der Waals surface area contributed by atoms with Crippen molar-refractivity contribution in [2.75, 3.05) is 18.1 Å². The van der Waals surface area contributed by atoms with E-state index >= 15 is 0 Å². The van der Waals surface area contributed by atoms with E-state index in [-0.39, 0.29) is 24.9 Å². The lowest BCUT2D eigenvalue weighted by Crippen LogP contribution is -2.34. The van der Waals surface area contributed by atoms with Crippen LogP contribution in [0.2, 0.25) is 0 Å². The van der Waals surface area contributed by atoms with Crippen molar-refractivity contribution < 1.29 is 24.4 Å². The van der Waals surface area contributed by atoms with Crippen molar-refractivity contribution in [2.24, 2.45) is 0 Å². The number of nitrogens with zero attached hydrogens (tertiary/aromatic N) is 6. The summed E-state index contributed by atoms with van der Waals surface area (Å²) in [4.78, 5) is 19.0. The second kappa shape index (κ2) is 8.73. The third kappa shape index (κ3) is 4.29. The molecule has 1 aromatic carbocycles. The molecule has 38 heavy (non-hydrogen) atoms. The van der Waals surface area contributed by atoms with Gasteiger partial charge in [0, 0.05) is 29.6 Å². The van der Waals surface area contributed by atoms with E-state index in [0.29, 0.717) is 36.2 Å². The molecule has 12 nitrogen and oxygen atoms in total. The Kier molecular flexibility index (Phi) is 5.41. The molecular formula is C26H29N7O5. The maximum absolute atomic E-state index is 10.1. The van der Waals surface area contributed by atoms with Crippen LogP contribution in [0.3, 0.4) is 0 Å². The van der Waals surface area contributed by atoms with Gasteiger partial charge in [-0.3, -0.25) is 4.68 Å². The number of fused-ring (bicyclic) bond motifs is 3. The van der Waals surface area contributed by atoms with Gasteiger partial charge < -0.3 is 34.3 Å². The molecule has 0 unspecified atom stereocenters. The number of aromatic amines is 1. The molecule has 2 saturated heterocycles. The highest BCUT2D eigenvalue weighted by atomic mass is 16.6. The molecule has 6 heterocycles. The standard InChI is InChI=1S/C26H29N7O5/c1-26(2,35)13-33-9-15-8-32(10-18(15)31-33)16-5-3-14(4-6-16)23-27-7-17-24(29-23)30-25(28-17)38-20-12-37-21-19(34)11-36-22(20)21/h3-7,9,19-22,34-35H,8,10-13H2,1-2H3,(H,27,28,29,30)/t19-,20-,21-,22-/m1/s1. The molecule has 3 aromatic heterocycles. The fourth-order valence-electron chi connectivity index (χ4n) is 5.36. The van der Waals surface area contributed by atoms with Crippen molar-refractivity contribution in [1.82, 2.24) is 29.7 Å². The van der Waals surface area contributed by atoms with E-state index < -0.39 is 11.7 Å². The molecule has 198 valence electrons. The van der Waals surface area contributed by atoms with Gasteiger partial charge in [0.05, 0.1) is 43.8 Å². The van der Waals surface area contributed by atoms with Crippen molar-refractivity contribution in [2.45, 2.75) is 63.5 Å². The number of hydrogen-bond donors (Lipinski definition) is 3. The average molecular weight is 520 g/mol. The van der Waals surface area contributed by atoms with Gasteiger partial charge >= 0.3 is 0 Å². The summed E-state index contributed by atoms with van der Waals surface area (Å²) >= 11 is 0. The normalized spacial score (nSPS) is 24.8. The second-order valence-corrected chi connectivity index (χ2v) is 10.8. The van der Waals surface area contributed by atoms with Crippen LogP contribution in [-0.4, -0.2) is 83.2 Å². The Labute approximate surface area is 218 Å². The molecule has 0 bridgehead atoms. The zero-order valence-corrected chi connectivity index (χ0v) is 21.1. The summed E-state index contributed by atoms with van der Waals surface area (Å²) in [7, 11) is 0. The maximum atomic E-state index is 10.1. The summed E-state index contributed by atoms with van der Waals surface area (Å²) in [5, 5.41) is 24.6. The summed E-state index contributed by atoms with van der Waals surface area (Å²) in [5.41, 5.74) is 4.57. The lowest BCUT2D eigenvalue weighted by Gasteiger charge is -2.19. The van der Waals surface area contributed by atoms with Crippen LogP contribution in [0.25, 0.3) is 22.6 Å². The molecule has 7 rings (SSSR count). The van der Waals surface area contributed by atoms with Crippen molar-refractivity contribution in [1.29, 1.82) is 0 Å². The number of benzene rings is 1. The molecule has 4 atom stereocenters. The molecule has 0 aliphatic carbocycles. The Hall–Kier alpha value is -3.58. The van der Waals surface area contributed by atoms with E-state index in [9.17, 15) is 10.2 Å². The number of aromatic nitrogens is 6. The van der Waals surface area contributed by atoms with E-state index in [4.69, 9.17) is 14.2 Å². The van der Waals surface area contributed by atoms with Crippen LogP contribution >= 0.6 is 0 Å². The molecule has 0 amide bonds. The first-order valence-corrected chi connectivity index (χ1v) is 12.7. The molecule has 0 saturated carbocycles. The highest BCUT2D eigenvalue weighted by molar-refractivity contribution is 5.73. The first-order valence-electron chi connectivity index (χ1n) is 12.7. The van der Waals surface area contributed by atoms with Gasteiger partial charge in [0.1, 0.15) is 23.8 Å². The SMILES string of the molecule is CC(C)(O)Cn1cc2c(n1)CN(c1ccc(-c3ncc4[nH]c(O[C@@H]5CO[C@H]6[C@@H]5OC[C@H]6O)nc4n3)cc1)C2. The summed E-state index contributed by atoms with van der Waals surface area (Å²) < 4.78 is 19.0. The fraction of sp³-hybridized carbons (Fsp3) is 0.462. The number of aliphatic hydroxyl groups excluding tert-OH is 1. The number of anilines is 1. The Morgan fingerprint density at radius 3 is 2.71 bits per heavy atom. The van der Waals surface area contributed by atoms with Crippen LogP contribution in [0, 0.1) is 0 Å². The number of nitrogens with one attached hydrogen (secondary N) is 1. The number of H-pyrrole nitrogens is 1. The van der Waals surface area contributed by atoms with Crippen LogP contribution in [0.15, 0.2) is 36.7 Å².